The first-order valence-corrected chi connectivity index (χ1v) is 10.2. The van der Waals surface area contributed by atoms with E-state index in [0.29, 0.717) is 56.5 Å². The first kappa shape index (κ1) is 21.6. The minimum atomic E-state index is -0.244. The van der Waals surface area contributed by atoms with Gasteiger partial charge in [-0.1, -0.05) is 6.07 Å². The van der Waals surface area contributed by atoms with Crippen molar-refractivity contribution in [1.82, 2.24) is 4.98 Å². The van der Waals surface area contributed by atoms with Gasteiger partial charge in [-0.25, -0.2) is 9.37 Å². The molecular formula is C21H24FNO5S. The molecule has 0 aliphatic heterocycles. The van der Waals surface area contributed by atoms with Gasteiger partial charge in [0.15, 0.2) is 0 Å². The van der Waals surface area contributed by atoms with Crippen LogP contribution in [0.5, 0.6) is 5.75 Å². The fourth-order valence-corrected chi connectivity index (χ4v) is 3.53. The number of thiazole rings is 1. The SMILES string of the molecule is OCCOCCOCCOCCOc1ccc(-c2nc3cccc(F)c3s2)cc1. The molecule has 0 saturated carbocycles. The lowest BCUT2D eigenvalue weighted by molar-refractivity contribution is 0.00361. The van der Waals surface area contributed by atoms with Crippen molar-refractivity contribution in [2.45, 2.75) is 0 Å². The molecule has 2 aromatic carbocycles. The van der Waals surface area contributed by atoms with Crippen LogP contribution in [0.4, 0.5) is 4.39 Å². The maximum atomic E-state index is 13.8. The standard InChI is InChI=1S/C21H24FNO5S/c22-18-2-1-3-19-20(18)29-21(23-19)16-4-6-17(7-5-16)28-15-14-27-13-12-26-11-10-25-9-8-24/h1-7,24H,8-15H2. The average Bonchev–Trinajstić information content (AvgIpc) is 3.18. The van der Waals surface area contributed by atoms with E-state index in [-0.39, 0.29) is 12.4 Å². The van der Waals surface area contributed by atoms with E-state index in [9.17, 15) is 4.39 Å². The Labute approximate surface area is 172 Å². The Morgan fingerprint density at radius 2 is 1.48 bits per heavy atom. The van der Waals surface area contributed by atoms with Crippen molar-refractivity contribution in [1.29, 1.82) is 0 Å². The van der Waals surface area contributed by atoms with Crippen LogP contribution in [-0.4, -0.2) is 62.9 Å². The normalized spacial score (nSPS) is 11.2. The van der Waals surface area contributed by atoms with Crippen LogP contribution in [0.3, 0.4) is 0 Å². The van der Waals surface area contributed by atoms with Gasteiger partial charge in [-0.2, -0.15) is 0 Å². The van der Waals surface area contributed by atoms with Gasteiger partial charge in [0.2, 0.25) is 0 Å². The van der Waals surface area contributed by atoms with Crippen molar-refractivity contribution >= 4 is 21.6 Å². The summed E-state index contributed by atoms with van der Waals surface area (Å²) >= 11 is 1.34. The molecule has 0 spiro atoms. The van der Waals surface area contributed by atoms with Crippen molar-refractivity contribution < 1.29 is 28.4 Å². The molecule has 1 aromatic heterocycles. The van der Waals surface area contributed by atoms with Gasteiger partial charge in [0.25, 0.3) is 0 Å². The molecule has 8 heteroatoms. The summed E-state index contributed by atoms with van der Waals surface area (Å²) in [5, 5.41) is 9.34. The molecule has 0 unspecified atom stereocenters. The number of fused-ring (bicyclic) bond motifs is 1. The number of halogens is 1. The van der Waals surface area contributed by atoms with Crippen LogP contribution in [0, 0.1) is 5.82 Å². The smallest absolute Gasteiger partial charge is 0.142 e. The molecule has 0 fully saturated rings. The molecule has 29 heavy (non-hydrogen) atoms. The lowest BCUT2D eigenvalue weighted by Crippen LogP contribution is -2.13. The topological polar surface area (TPSA) is 70.0 Å². The summed E-state index contributed by atoms with van der Waals surface area (Å²) in [5.41, 5.74) is 1.60. The van der Waals surface area contributed by atoms with E-state index in [0.717, 1.165) is 16.3 Å². The molecule has 1 N–H and O–H groups in total. The largest absolute Gasteiger partial charge is 0.491 e. The van der Waals surface area contributed by atoms with Crippen LogP contribution >= 0.6 is 11.3 Å². The van der Waals surface area contributed by atoms with E-state index in [2.05, 4.69) is 4.98 Å². The van der Waals surface area contributed by atoms with E-state index in [1.165, 1.54) is 17.4 Å². The van der Waals surface area contributed by atoms with Crippen LogP contribution < -0.4 is 4.74 Å². The number of ether oxygens (including phenoxy) is 4. The lowest BCUT2D eigenvalue weighted by atomic mass is 10.2. The molecule has 0 aliphatic carbocycles. The third-order valence-corrected chi connectivity index (χ3v) is 5.07. The Morgan fingerprint density at radius 3 is 2.14 bits per heavy atom. The average molecular weight is 421 g/mol. The zero-order valence-electron chi connectivity index (χ0n) is 16.0. The number of aliphatic hydroxyl groups excluding tert-OH is 1. The molecule has 0 bridgehead atoms. The maximum Gasteiger partial charge on any atom is 0.142 e. The summed E-state index contributed by atoms with van der Waals surface area (Å²) in [4.78, 5) is 4.49. The molecule has 3 aromatic rings. The molecule has 156 valence electrons. The Morgan fingerprint density at radius 1 is 0.828 bits per heavy atom. The zero-order chi connectivity index (χ0) is 20.3. The number of rotatable bonds is 13. The number of nitrogens with zero attached hydrogens (tertiary/aromatic N) is 1. The van der Waals surface area contributed by atoms with Crippen LogP contribution in [0.15, 0.2) is 42.5 Å². The maximum absolute atomic E-state index is 13.8. The van der Waals surface area contributed by atoms with Gasteiger partial charge in [-0.15, -0.1) is 11.3 Å². The van der Waals surface area contributed by atoms with Crippen molar-refractivity contribution in [2.24, 2.45) is 0 Å². The highest BCUT2D eigenvalue weighted by Gasteiger charge is 2.09. The second-order valence-electron chi connectivity index (χ2n) is 6.04. The van der Waals surface area contributed by atoms with Gasteiger partial charge in [0.1, 0.15) is 23.2 Å². The molecule has 3 rings (SSSR count). The fourth-order valence-electron chi connectivity index (χ4n) is 2.56. The van der Waals surface area contributed by atoms with Crippen molar-refractivity contribution in [3.63, 3.8) is 0 Å². The number of hydrogen-bond acceptors (Lipinski definition) is 7. The van der Waals surface area contributed by atoms with E-state index in [1.807, 2.05) is 30.3 Å². The molecular weight excluding hydrogens is 397 g/mol. The van der Waals surface area contributed by atoms with E-state index >= 15 is 0 Å². The van der Waals surface area contributed by atoms with Gasteiger partial charge in [0.05, 0.1) is 56.5 Å². The monoisotopic (exact) mass is 421 g/mol. The van der Waals surface area contributed by atoms with E-state index < -0.39 is 0 Å². The summed E-state index contributed by atoms with van der Waals surface area (Å²) in [7, 11) is 0. The van der Waals surface area contributed by atoms with Crippen LogP contribution in [0.2, 0.25) is 0 Å². The van der Waals surface area contributed by atoms with Crippen LogP contribution in [0.1, 0.15) is 0 Å². The predicted molar refractivity (Wildman–Crippen MR) is 110 cm³/mol. The van der Waals surface area contributed by atoms with Gasteiger partial charge in [-0.05, 0) is 36.4 Å². The molecule has 0 atom stereocenters. The summed E-state index contributed by atoms with van der Waals surface area (Å²) in [5.74, 6) is 0.494. The summed E-state index contributed by atoms with van der Waals surface area (Å²) in [6, 6.07) is 12.5. The van der Waals surface area contributed by atoms with Gasteiger partial charge in [0, 0.05) is 5.56 Å². The van der Waals surface area contributed by atoms with Crippen LogP contribution in [0.25, 0.3) is 20.8 Å². The third-order valence-electron chi connectivity index (χ3n) is 3.94. The molecule has 0 aliphatic rings. The molecule has 6 nitrogen and oxygen atoms in total. The Bertz CT molecular complexity index is 871. The highest BCUT2D eigenvalue weighted by molar-refractivity contribution is 7.21. The van der Waals surface area contributed by atoms with E-state index in [1.54, 1.807) is 6.07 Å². The van der Waals surface area contributed by atoms with Gasteiger partial charge >= 0.3 is 0 Å². The van der Waals surface area contributed by atoms with Gasteiger partial charge < -0.3 is 24.1 Å². The second kappa shape index (κ2) is 11.8. The molecule has 0 saturated heterocycles. The van der Waals surface area contributed by atoms with Crippen molar-refractivity contribution in [2.75, 3.05) is 52.9 Å². The Kier molecular flexibility index (Phi) is 8.79. The molecule has 1 heterocycles. The zero-order valence-corrected chi connectivity index (χ0v) is 16.8. The second-order valence-corrected chi connectivity index (χ2v) is 7.04. The number of aliphatic hydroxyl groups is 1. The minimum Gasteiger partial charge on any atom is -0.491 e. The summed E-state index contributed by atoms with van der Waals surface area (Å²) < 4.78 is 35.9. The highest BCUT2D eigenvalue weighted by atomic mass is 32.1. The first-order chi connectivity index (χ1) is 14.3. The Hall–Kier alpha value is -2.10. The van der Waals surface area contributed by atoms with Crippen LogP contribution in [-0.2, 0) is 14.2 Å². The van der Waals surface area contributed by atoms with Crippen molar-refractivity contribution in [3.05, 3.63) is 48.3 Å². The number of aromatic nitrogens is 1. The third kappa shape index (κ3) is 6.73. The van der Waals surface area contributed by atoms with Crippen molar-refractivity contribution in [3.8, 4) is 16.3 Å². The Balaban J connectivity index is 1.34. The predicted octanol–water partition coefficient (Wildman–Crippen LogP) is 3.52. The minimum absolute atomic E-state index is 0.0216. The quantitative estimate of drug-likeness (QED) is 0.426. The fraction of sp³-hybridized carbons (Fsp3) is 0.381. The number of benzene rings is 2. The summed E-state index contributed by atoms with van der Waals surface area (Å²) in [6.45, 7) is 3.16. The lowest BCUT2D eigenvalue weighted by Gasteiger charge is -2.08. The summed E-state index contributed by atoms with van der Waals surface area (Å²) in [6.07, 6.45) is 0. The highest BCUT2D eigenvalue weighted by Crippen LogP contribution is 2.32. The molecule has 0 amide bonds. The molecule has 0 radical (unpaired) electrons. The number of hydrogen-bond donors (Lipinski definition) is 1. The van der Waals surface area contributed by atoms with E-state index in [4.69, 9.17) is 24.1 Å². The van der Waals surface area contributed by atoms with Gasteiger partial charge in [-0.3, -0.25) is 0 Å². The first-order valence-electron chi connectivity index (χ1n) is 9.40.